The number of nitrogens with two attached hydrogens (primary N) is 1. The van der Waals surface area contributed by atoms with Gasteiger partial charge < -0.3 is 11.1 Å². The number of urea groups is 1. The number of amides is 3. The summed E-state index contributed by atoms with van der Waals surface area (Å²) in [5.41, 5.74) is 8.18. The number of aromatic nitrogens is 1. The van der Waals surface area contributed by atoms with Gasteiger partial charge in [-0.25, -0.2) is 4.79 Å². The Morgan fingerprint density at radius 3 is 2.46 bits per heavy atom. The number of hydrogen-bond acceptors (Lipinski definition) is 4. The normalized spacial score (nSPS) is 10.2. The van der Waals surface area contributed by atoms with E-state index in [-0.39, 0.29) is 0 Å². The van der Waals surface area contributed by atoms with Crippen LogP contribution in [-0.4, -0.2) is 16.9 Å². The van der Waals surface area contributed by atoms with Gasteiger partial charge in [0.05, 0.1) is 5.56 Å². The maximum absolute atomic E-state index is 12.0. The van der Waals surface area contributed by atoms with Gasteiger partial charge in [-0.15, -0.1) is 11.3 Å². The summed E-state index contributed by atoms with van der Waals surface area (Å²) >= 11 is 1.24. The van der Waals surface area contributed by atoms with Gasteiger partial charge >= 0.3 is 6.03 Å². The molecule has 1 aromatic carbocycles. The number of primary amides is 1. The summed E-state index contributed by atoms with van der Waals surface area (Å²) < 4.78 is 0. The standard InChI is InChI=1S/C17H14N4O2S/c18-15(22)14-7-9-24-16(14)21-17(23)20-13-5-3-11(4-6-13)12-2-1-8-19-10-12/h1-10H,(H2,18,22)(H2,20,21,23). The zero-order chi connectivity index (χ0) is 16.9. The molecule has 2 aromatic heterocycles. The monoisotopic (exact) mass is 338 g/mol. The lowest BCUT2D eigenvalue weighted by molar-refractivity contribution is 0.100. The van der Waals surface area contributed by atoms with Crippen LogP contribution in [0.2, 0.25) is 0 Å². The number of carbonyl (C=O) groups is 2. The van der Waals surface area contributed by atoms with Crippen molar-refractivity contribution in [3.05, 3.63) is 65.8 Å². The van der Waals surface area contributed by atoms with E-state index in [1.807, 2.05) is 24.3 Å². The lowest BCUT2D eigenvalue weighted by atomic mass is 10.1. The highest BCUT2D eigenvalue weighted by molar-refractivity contribution is 7.14. The van der Waals surface area contributed by atoms with Crippen LogP contribution in [0, 0.1) is 0 Å². The van der Waals surface area contributed by atoms with Gasteiger partial charge in [0.15, 0.2) is 0 Å². The number of benzene rings is 1. The molecular formula is C17H14N4O2S. The molecule has 3 aromatic rings. The van der Waals surface area contributed by atoms with Crippen molar-refractivity contribution in [3.63, 3.8) is 0 Å². The average Bonchev–Trinajstić information content (AvgIpc) is 3.04. The van der Waals surface area contributed by atoms with Crippen LogP contribution in [0.25, 0.3) is 11.1 Å². The van der Waals surface area contributed by atoms with Crippen LogP contribution in [0.1, 0.15) is 10.4 Å². The van der Waals surface area contributed by atoms with E-state index in [0.29, 0.717) is 16.3 Å². The second-order valence-electron chi connectivity index (χ2n) is 4.93. The van der Waals surface area contributed by atoms with Gasteiger partial charge in [-0.05, 0) is 40.8 Å². The second-order valence-corrected chi connectivity index (χ2v) is 5.84. The van der Waals surface area contributed by atoms with Gasteiger partial charge in [0.25, 0.3) is 5.91 Å². The number of nitrogens with one attached hydrogen (secondary N) is 2. The Balaban J connectivity index is 1.67. The highest BCUT2D eigenvalue weighted by Crippen LogP contribution is 2.23. The molecule has 7 heteroatoms. The van der Waals surface area contributed by atoms with Crippen LogP contribution in [0.15, 0.2) is 60.2 Å². The molecule has 0 saturated heterocycles. The number of pyridine rings is 1. The number of thiophene rings is 1. The van der Waals surface area contributed by atoms with Crippen molar-refractivity contribution in [2.45, 2.75) is 0 Å². The first-order valence-electron chi connectivity index (χ1n) is 7.09. The zero-order valence-electron chi connectivity index (χ0n) is 12.5. The number of anilines is 2. The molecule has 3 amide bonds. The SMILES string of the molecule is NC(=O)c1ccsc1NC(=O)Nc1ccc(-c2cccnc2)cc1. The van der Waals surface area contributed by atoms with E-state index in [4.69, 9.17) is 5.73 Å². The van der Waals surface area contributed by atoms with E-state index in [9.17, 15) is 9.59 Å². The highest BCUT2D eigenvalue weighted by atomic mass is 32.1. The van der Waals surface area contributed by atoms with Crippen molar-refractivity contribution < 1.29 is 9.59 Å². The third-order valence-electron chi connectivity index (χ3n) is 3.30. The van der Waals surface area contributed by atoms with Crippen LogP contribution < -0.4 is 16.4 Å². The molecule has 4 N–H and O–H groups in total. The molecule has 0 spiro atoms. The van der Waals surface area contributed by atoms with Crippen molar-refractivity contribution >= 4 is 34.0 Å². The lowest BCUT2D eigenvalue weighted by Crippen LogP contribution is -2.21. The fraction of sp³-hybridized carbons (Fsp3) is 0. The molecule has 0 saturated carbocycles. The Morgan fingerprint density at radius 2 is 1.79 bits per heavy atom. The zero-order valence-corrected chi connectivity index (χ0v) is 13.3. The fourth-order valence-corrected chi connectivity index (χ4v) is 2.93. The topological polar surface area (TPSA) is 97.1 Å². The molecule has 24 heavy (non-hydrogen) atoms. The lowest BCUT2D eigenvalue weighted by Gasteiger charge is -2.08. The van der Waals surface area contributed by atoms with Crippen LogP contribution >= 0.6 is 11.3 Å². The molecule has 0 fully saturated rings. The molecule has 6 nitrogen and oxygen atoms in total. The third kappa shape index (κ3) is 3.58. The third-order valence-corrected chi connectivity index (χ3v) is 4.13. The van der Waals surface area contributed by atoms with E-state index in [1.165, 1.54) is 11.3 Å². The molecule has 3 rings (SSSR count). The quantitative estimate of drug-likeness (QED) is 0.678. The number of nitrogens with zero attached hydrogens (tertiary/aromatic N) is 1. The van der Waals surface area contributed by atoms with E-state index in [1.54, 1.807) is 36.0 Å². The average molecular weight is 338 g/mol. The van der Waals surface area contributed by atoms with Crippen molar-refractivity contribution in [3.8, 4) is 11.1 Å². The molecule has 0 aliphatic rings. The van der Waals surface area contributed by atoms with E-state index < -0.39 is 11.9 Å². The van der Waals surface area contributed by atoms with Crippen LogP contribution in [0.3, 0.4) is 0 Å². The predicted octanol–water partition coefficient (Wildman–Crippen LogP) is 3.55. The van der Waals surface area contributed by atoms with Crippen molar-refractivity contribution in [2.24, 2.45) is 5.73 Å². The van der Waals surface area contributed by atoms with Gasteiger partial charge in [-0.3, -0.25) is 15.1 Å². The van der Waals surface area contributed by atoms with E-state index in [0.717, 1.165) is 11.1 Å². The van der Waals surface area contributed by atoms with Crippen LogP contribution in [-0.2, 0) is 0 Å². The Kier molecular flexibility index (Phi) is 4.53. The van der Waals surface area contributed by atoms with Gasteiger partial charge in [0.2, 0.25) is 0 Å². The van der Waals surface area contributed by atoms with Crippen molar-refractivity contribution in [2.75, 3.05) is 10.6 Å². The number of carbonyl (C=O) groups excluding carboxylic acids is 2. The van der Waals surface area contributed by atoms with Crippen molar-refractivity contribution in [1.82, 2.24) is 4.98 Å². The molecule has 0 aliphatic carbocycles. The molecule has 0 unspecified atom stereocenters. The summed E-state index contributed by atoms with van der Waals surface area (Å²) in [5.74, 6) is -0.577. The first kappa shape index (κ1) is 15.7. The first-order chi connectivity index (χ1) is 11.6. The van der Waals surface area contributed by atoms with Crippen molar-refractivity contribution in [1.29, 1.82) is 0 Å². The summed E-state index contributed by atoms with van der Waals surface area (Å²) in [6, 6.07) is 12.4. The van der Waals surface area contributed by atoms with Crippen LogP contribution in [0.5, 0.6) is 0 Å². The molecule has 0 radical (unpaired) electrons. The minimum atomic E-state index is -0.577. The summed E-state index contributed by atoms with van der Waals surface area (Å²) in [4.78, 5) is 27.4. The molecule has 0 aliphatic heterocycles. The first-order valence-corrected chi connectivity index (χ1v) is 7.97. The summed E-state index contributed by atoms with van der Waals surface area (Å²) in [6.45, 7) is 0. The second kappa shape index (κ2) is 6.93. The van der Waals surface area contributed by atoms with E-state index in [2.05, 4.69) is 15.6 Å². The Bertz CT molecular complexity index is 860. The smallest absolute Gasteiger partial charge is 0.324 e. The maximum Gasteiger partial charge on any atom is 0.324 e. The minimum Gasteiger partial charge on any atom is -0.366 e. The Morgan fingerprint density at radius 1 is 1.00 bits per heavy atom. The summed E-state index contributed by atoms with van der Waals surface area (Å²) in [7, 11) is 0. The fourth-order valence-electron chi connectivity index (χ4n) is 2.15. The van der Waals surface area contributed by atoms with Gasteiger partial charge in [-0.1, -0.05) is 18.2 Å². The number of hydrogen-bond donors (Lipinski definition) is 3. The molecule has 0 atom stereocenters. The number of rotatable bonds is 4. The summed E-state index contributed by atoms with van der Waals surface area (Å²) in [6.07, 6.45) is 3.49. The summed E-state index contributed by atoms with van der Waals surface area (Å²) in [5, 5.41) is 7.45. The Hall–Kier alpha value is -3.19. The van der Waals surface area contributed by atoms with Crippen LogP contribution in [0.4, 0.5) is 15.5 Å². The Labute approximate surface area is 142 Å². The van der Waals surface area contributed by atoms with E-state index >= 15 is 0 Å². The molecular weight excluding hydrogens is 324 g/mol. The largest absolute Gasteiger partial charge is 0.366 e. The van der Waals surface area contributed by atoms with Gasteiger partial charge in [-0.2, -0.15) is 0 Å². The molecule has 2 heterocycles. The maximum atomic E-state index is 12.0. The van der Waals surface area contributed by atoms with Gasteiger partial charge in [0, 0.05) is 18.1 Å². The van der Waals surface area contributed by atoms with Gasteiger partial charge in [0.1, 0.15) is 5.00 Å². The highest BCUT2D eigenvalue weighted by Gasteiger charge is 2.12. The predicted molar refractivity (Wildman–Crippen MR) is 95.2 cm³/mol. The molecule has 0 bridgehead atoms. The minimum absolute atomic E-state index is 0.294. The molecule has 120 valence electrons.